The molecule has 232 valence electrons. The van der Waals surface area contributed by atoms with Crippen molar-refractivity contribution < 1.29 is 28.6 Å². The van der Waals surface area contributed by atoms with Crippen molar-refractivity contribution in [2.45, 2.75) is 84.1 Å². The van der Waals surface area contributed by atoms with Crippen LogP contribution in [0.1, 0.15) is 57.6 Å². The van der Waals surface area contributed by atoms with Gasteiger partial charge in [-0.2, -0.15) is 5.26 Å². The van der Waals surface area contributed by atoms with E-state index in [2.05, 4.69) is 41.7 Å². The molecule has 1 aliphatic heterocycles. The second kappa shape index (κ2) is 14.3. The zero-order chi connectivity index (χ0) is 31.8. The van der Waals surface area contributed by atoms with Crippen LogP contribution in [0.2, 0.25) is 25.7 Å². The highest BCUT2D eigenvalue weighted by atomic mass is 28.3. The van der Waals surface area contributed by atoms with Crippen LogP contribution >= 0.6 is 0 Å². The first-order chi connectivity index (χ1) is 20.2. The van der Waals surface area contributed by atoms with Gasteiger partial charge in [-0.3, -0.25) is 14.7 Å². The van der Waals surface area contributed by atoms with Gasteiger partial charge in [-0.05, 0) is 57.9 Å². The molecule has 1 atom stereocenters. The van der Waals surface area contributed by atoms with Crippen molar-refractivity contribution in [3.63, 3.8) is 0 Å². The van der Waals surface area contributed by atoms with Crippen molar-refractivity contribution in [1.29, 1.82) is 5.26 Å². The summed E-state index contributed by atoms with van der Waals surface area (Å²) in [5, 5.41) is 18.8. The van der Waals surface area contributed by atoms with Gasteiger partial charge in [0.2, 0.25) is 5.91 Å². The highest BCUT2D eigenvalue weighted by molar-refractivity contribution is 6.76. The predicted octanol–water partition coefficient (Wildman–Crippen LogP) is 6.16. The summed E-state index contributed by atoms with van der Waals surface area (Å²) in [6.45, 7) is 12.6. The van der Waals surface area contributed by atoms with Gasteiger partial charge in [-0.1, -0.05) is 31.8 Å². The topological polar surface area (TPSA) is 157 Å². The van der Waals surface area contributed by atoms with E-state index in [-0.39, 0.29) is 24.8 Å². The number of rotatable bonds is 7. The van der Waals surface area contributed by atoms with Crippen LogP contribution < -0.4 is 16.0 Å². The molecular formula is C30H42N6O6Si. The smallest absolute Gasteiger partial charge is 0.411 e. The van der Waals surface area contributed by atoms with Crippen molar-refractivity contribution in [2.75, 3.05) is 24.4 Å². The lowest BCUT2D eigenvalue weighted by atomic mass is 10.1. The van der Waals surface area contributed by atoms with Crippen LogP contribution in [0.4, 0.5) is 21.0 Å². The molecule has 1 aliphatic rings. The Bertz CT molecular complexity index is 1400. The Kier molecular flexibility index (Phi) is 11.1. The summed E-state index contributed by atoms with van der Waals surface area (Å²) in [6, 6.07) is 7.40. The maximum absolute atomic E-state index is 12.9. The standard InChI is InChI=1S/C30H42N6O6Si/c1-30(2,3)42-29(39)34-22-11-9-8-10-12-25(37)33-23-17-20(32-28(38)40-4)13-14-21(23)26-24(18-31)36(27(22)35-26)19-41-15-16-43(5,6)7/h8-9,13-14,17,22H,10-12,15-16,19H2,1-7H3,(H,32,38)(H,33,37)(H,34,39)/b9-8-/t22-/m0/s1. The molecule has 1 aromatic carbocycles. The quantitative estimate of drug-likeness (QED) is 0.191. The number of hydrogen-bond donors (Lipinski definition) is 3. The van der Waals surface area contributed by atoms with Gasteiger partial charge in [0.05, 0.1) is 18.8 Å². The Hall–Kier alpha value is -4.15. The zero-order valence-corrected chi connectivity index (χ0v) is 27.0. The first-order valence-corrected chi connectivity index (χ1v) is 17.9. The SMILES string of the molecule is COC(=O)Nc1ccc2c(c1)NC(=O)CC/C=C\C[C@H](NC(=O)OC(C)(C)C)c1nc-2c(C#N)n1COCC[Si](C)(C)C. The minimum absolute atomic E-state index is 0.0373. The Morgan fingerprint density at radius 3 is 2.60 bits per heavy atom. The van der Waals surface area contributed by atoms with Crippen LogP contribution in [-0.2, 0) is 25.7 Å². The molecule has 0 saturated heterocycles. The second-order valence-electron chi connectivity index (χ2n) is 12.4. The summed E-state index contributed by atoms with van der Waals surface area (Å²) < 4.78 is 18.0. The zero-order valence-electron chi connectivity index (χ0n) is 26.0. The number of nitrogens with zero attached hydrogens (tertiary/aromatic N) is 3. The summed E-state index contributed by atoms with van der Waals surface area (Å²) in [7, 11) is -0.124. The van der Waals surface area contributed by atoms with E-state index in [0.29, 0.717) is 47.9 Å². The number of anilines is 2. The molecule has 2 aromatic rings. The molecule has 3 rings (SSSR count). The Morgan fingerprint density at radius 2 is 1.95 bits per heavy atom. The maximum Gasteiger partial charge on any atom is 0.411 e. The third-order valence-electron chi connectivity index (χ3n) is 6.38. The lowest BCUT2D eigenvalue weighted by molar-refractivity contribution is -0.116. The van der Waals surface area contributed by atoms with Gasteiger partial charge in [0.15, 0.2) is 0 Å². The van der Waals surface area contributed by atoms with Crippen LogP contribution in [0.15, 0.2) is 30.4 Å². The molecule has 0 unspecified atom stereocenters. The molecule has 2 bridgehead atoms. The molecule has 3 amide bonds. The number of nitrogens with one attached hydrogen (secondary N) is 3. The number of ether oxygens (including phenoxy) is 3. The molecule has 43 heavy (non-hydrogen) atoms. The van der Waals surface area contributed by atoms with E-state index in [1.807, 2.05) is 12.2 Å². The number of imidazole rings is 1. The predicted molar refractivity (Wildman–Crippen MR) is 166 cm³/mol. The van der Waals surface area contributed by atoms with E-state index in [9.17, 15) is 19.6 Å². The van der Waals surface area contributed by atoms with Crippen molar-refractivity contribution in [3.8, 4) is 17.3 Å². The van der Waals surface area contributed by atoms with Crippen molar-refractivity contribution in [3.05, 3.63) is 41.9 Å². The van der Waals surface area contributed by atoms with E-state index in [4.69, 9.17) is 19.2 Å². The lowest BCUT2D eigenvalue weighted by Gasteiger charge is -2.23. The number of alkyl carbamates (subject to hydrolysis) is 1. The molecule has 0 radical (unpaired) electrons. The molecule has 0 spiro atoms. The average molecular weight is 611 g/mol. The Morgan fingerprint density at radius 1 is 1.21 bits per heavy atom. The summed E-state index contributed by atoms with van der Waals surface area (Å²) in [5.74, 6) is 0.153. The number of carbonyl (C=O) groups excluding carboxylic acids is 3. The number of carbonyl (C=O) groups is 3. The molecule has 2 heterocycles. The van der Waals surface area contributed by atoms with Gasteiger partial charge >= 0.3 is 12.2 Å². The van der Waals surface area contributed by atoms with Crippen molar-refractivity contribution in [1.82, 2.24) is 14.9 Å². The number of aromatic nitrogens is 2. The molecule has 3 N–H and O–H groups in total. The normalized spacial score (nSPS) is 16.2. The monoisotopic (exact) mass is 610 g/mol. The third kappa shape index (κ3) is 9.97. The molecular weight excluding hydrogens is 568 g/mol. The van der Waals surface area contributed by atoms with Gasteiger partial charge in [0.1, 0.15) is 35.6 Å². The van der Waals surface area contributed by atoms with Gasteiger partial charge in [0.25, 0.3) is 0 Å². The van der Waals surface area contributed by atoms with Crippen molar-refractivity contribution >= 4 is 37.5 Å². The number of methoxy groups -OCH3 is 1. The molecule has 12 nitrogen and oxygen atoms in total. The lowest BCUT2D eigenvalue weighted by Crippen LogP contribution is -2.36. The molecule has 1 aromatic heterocycles. The van der Waals surface area contributed by atoms with Crippen LogP contribution in [0.5, 0.6) is 0 Å². The second-order valence-corrected chi connectivity index (χ2v) is 18.0. The fourth-order valence-electron chi connectivity index (χ4n) is 4.26. The highest BCUT2D eigenvalue weighted by Crippen LogP contribution is 2.35. The average Bonchev–Trinajstić information content (AvgIpc) is 3.26. The minimum Gasteiger partial charge on any atom is -0.453 e. The molecule has 13 heteroatoms. The van der Waals surface area contributed by atoms with Gasteiger partial charge in [-0.25, -0.2) is 14.6 Å². The highest BCUT2D eigenvalue weighted by Gasteiger charge is 2.29. The summed E-state index contributed by atoms with van der Waals surface area (Å²) in [4.78, 5) is 42.5. The fourth-order valence-corrected chi connectivity index (χ4v) is 5.02. The summed E-state index contributed by atoms with van der Waals surface area (Å²) in [6.07, 6.45) is 3.44. The number of allylic oxidation sites excluding steroid dienone is 1. The Labute approximate surface area is 253 Å². The Balaban J connectivity index is 2.18. The molecule has 0 fully saturated rings. The van der Waals surface area contributed by atoms with Crippen LogP contribution in [0.3, 0.4) is 0 Å². The van der Waals surface area contributed by atoms with E-state index < -0.39 is 31.9 Å². The minimum atomic E-state index is -1.38. The van der Waals surface area contributed by atoms with Gasteiger partial charge in [-0.15, -0.1) is 0 Å². The number of nitriles is 1. The van der Waals surface area contributed by atoms with Gasteiger partial charge < -0.3 is 24.8 Å². The van der Waals surface area contributed by atoms with Crippen LogP contribution in [-0.4, -0.2) is 55.0 Å². The van der Waals surface area contributed by atoms with E-state index in [0.717, 1.165) is 6.04 Å². The third-order valence-corrected chi connectivity index (χ3v) is 8.08. The first-order valence-electron chi connectivity index (χ1n) is 14.2. The number of amides is 3. The van der Waals surface area contributed by atoms with E-state index in [1.54, 1.807) is 43.5 Å². The van der Waals surface area contributed by atoms with Gasteiger partial charge in [0, 0.05) is 32.4 Å². The van der Waals surface area contributed by atoms with Crippen molar-refractivity contribution in [2.24, 2.45) is 0 Å². The molecule has 0 saturated carbocycles. The molecule has 0 aliphatic carbocycles. The summed E-state index contributed by atoms with van der Waals surface area (Å²) >= 11 is 0. The fraction of sp³-hybridized carbons (Fsp3) is 0.500. The van der Waals surface area contributed by atoms with Crippen LogP contribution in [0.25, 0.3) is 11.3 Å². The largest absolute Gasteiger partial charge is 0.453 e. The number of benzene rings is 1. The number of fused-ring (bicyclic) bond motifs is 4. The maximum atomic E-state index is 12.9. The first kappa shape index (κ1) is 33.4. The number of hydrogen-bond acceptors (Lipinski definition) is 8. The van der Waals surface area contributed by atoms with E-state index in [1.165, 1.54) is 7.11 Å². The van der Waals surface area contributed by atoms with E-state index >= 15 is 0 Å². The summed E-state index contributed by atoms with van der Waals surface area (Å²) in [5.41, 5.74) is 0.974. The van der Waals surface area contributed by atoms with Crippen LogP contribution in [0, 0.1) is 11.3 Å².